The predicted molar refractivity (Wildman–Crippen MR) is 245 cm³/mol. The van der Waals surface area contributed by atoms with Gasteiger partial charge in [0.2, 0.25) is 0 Å². The summed E-state index contributed by atoms with van der Waals surface area (Å²) in [5.41, 5.74) is 0. The van der Waals surface area contributed by atoms with Crippen LogP contribution in [0.1, 0.15) is 207 Å². The van der Waals surface area contributed by atoms with Crippen LogP contribution in [0, 0.1) is 130 Å². The Kier molecular flexibility index (Phi) is 29.9. The Balaban J connectivity index is -0.000000694. The first kappa shape index (κ1) is 56.3. The summed E-state index contributed by atoms with van der Waals surface area (Å²) in [6.45, 7) is 67.5. The van der Waals surface area contributed by atoms with Crippen LogP contribution in [0.3, 0.4) is 0 Å². The summed E-state index contributed by atoms with van der Waals surface area (Å²) >= 11 is 0. The normalized spacial score (nSPS) is 20.8. The third-order valence-corrected chi connectivity index (χ3v) is 16.5. The first-order valence-electron chi connectivity index (χ1n) is 23.5. The molecule has 12 atom stereocenters. The highest BCUT2D eigenvalue weighted by atomic mass is 14.4. The van der Waals surface area contributed by atoms with Crippen LogP contribution in [0.4, 0.5) is 0 Å². The maximum atomic E-state index is 2.49. The molecule has 52 heavy (non-hydrogen) atoms. The van der Waals surface area contributed by atoms with Crippen molar-refractivity contribution in [2.24, 2.45) is 130 Å². The van der Waals surface area contributed by atoms with E-state index in [0.29, 0.717) is 0 Å². The van der Waals surface area contributed by atoms with Crippen LogP contribution in [0.25, 0.3) is 0 Å². The van der Waals surface area contributed by atoms with Gasteiger partial charge in [0.15, 0.2) is 0 Å². The Morgan fingerprint density at radius 3 is 0.577 bits per heavy atom. The van der Waals surface area contributed by atoms with Gasteiger partial charge in [-0.15, -0.1) is 0 Å². The summed E-state index contributed by atoms with van der Waals surface area (Å²) in [7, 11) is 0. The van der Waals surface area contributed by atoms with Crippen molar-refractivity contribution >= 4 is 0 Å². The van der Waals surface area contributed by atoms with E-state index >= 15 is 0 Å². The second kappa shape index (κ2) is 27.6. The van der Waals surface area contributed by atoms with Gasteiger partial charge in [0.05, 0.1) is 0 Å². The number of rotatable bonds is 21. The average Bonchev–Trinajstić information content (AvgIpc) is 3.05. The number of hydrogen-bond acceptors (Lipinski definition) is 0. The lowest BCUT2D eigenvalue weighted by atomic mass is 9.64. The molecule has 0 heteroatoms. The summed E-state index contributed by atoms with van der Waals surface area (Å²) in [6.07, 6.45) is 2.73. The molecule has 0 aliphatic heterocycles. The van der Waals surface area contributed by atoms with E-state index in [1.165, 1.54) is 12.8 Å². The fourth-order valence-corrected chi connectivity index (χ4v) is 9.40. The summed E-state index contributed by atoms with van der Waals surface area (Å²) in [5.74, 6) is 18.1. The van der Waals surface area contributed by atoms with Crippen LogP contribution in [0.2, 0.25) is 0 Å². The highest BCUT2D eigenvalue weighted by Gasteiger charge is 2.36. The van der Waals surface area contributed by atoms with Crippen molar-refractivity contribution in [3.05, 3.63) is 0 Å². The predicted octanol–water partition coefficient (Wildman–Crippen LogP) is 17.9. The molecule has 0 aliphatic carbocycles. The summed E-state index contributed by atoms with van der Waals surface area (Å²) < 4.78 is 0. The highest BCUT2D eigenvalue weighted by molar-refractivity contribution is 4.85. The third kappa shape index (κ3) is 19.2. The number of hydrogen-bond donors (Lipinski definition) is 0. The van der Waals surface area contributed by atoms with Gasteiger partial charge in [0.1, 0.15) is 0 Å². The van der Waals surface area contributed by atoms with Crippen LogP contribution < -0.4 is 0 Å². The zero-order chi connectivity index (χ0) is 42.1. The van der Waals surface area contributed by atoms with Gasteiger partial charge in [-0.2, -0.15) is 0 Å². The molecule has 12 unspecified atom stereocenters. The van der Waals surface area contributed by atoms with Crippen LogP contribution in [0.15, 0.2) is 0 Å². The fraction of sp³-hybridized carbons (Fsp3) is 1.00. The van der Waals surface area contributed by atoms with E-state index in [0.717, 1.165) is 130 Å². The maximum Gasteiger partial charge on any atom is -0.0329 e. The SMILES string of the molecule is CC(C)C(C)C(C)C(C(C)C(C)C)C(C)C(C)C.CC(C)C(C)C(C)C(C(C)C(C)C)C(C)C(C)C.CCCC(C(C)C(C)C)C(C)C(C)C(C)C. The van der Waals surface area contributed by atoms with Gasteiger partial charge in [0, 0.05) is 0 Å². The molecule has 0 spiro atoms. The van der Waals surface area contributed by atoms with E-state index < -0.39 is 0 Å². The molecule has 0 rings (SSSR count). The van der Waals surface area contributed by atoms with Crippen LogP contribution in [-0.4, -0.2) is 0 Å². The summed E-state index contributed by atoms with van der Waals surface area (Å²) in [4.78, 5) is 0. The third-order valence-electron chi connectivity index (χ3n) is 16.5. The molecule has 0 nitrogen and oxygen atoms in total. The average molecular weight is 735 g/mol. The summed E-state index contributed by atoms with van der Waals surface area (Å²) in [6, 6.07) is 0. The molecule has 0 saturated heterocycles. The lowest BCUT2D eigenvalue weighted by Crippen LogP contribution is -2.36. The molecule has 0 aromatic heterocycles. The quantitative estimate of drug-likeness (QED) is 0.110. The monoisotopic (exact) mass is 735 g/mol. The zero-order valence-corrected chi connectivity index (χ0v) is 42.1. The van der Waals surface area contributed by atoms with E-state index in [9.17, 15) is 0 Å². The van der Waals surface area contributed by atoms with Crippen molar-refractivity contribution in [3.63, 3.8) is 0 Å². The maximum absolute atomic E-state index is 2.49. The smallest absolute Gasteiger partial charge is 0.0329 e. The lowest BCUT2D eigenvalue weighted by molar-refractivity contribution is 0.0679. The molecule has 0 aromatic rings. The standard InChI is InChI=1S/2C18H38.C16H34/c2*1-11(2)14(7)17(10)18(15(8)12(3)4)16(9)13(5)6;1-9-10-16(14(7)12(4)5)15(8)13(6)11(2)3/h2*11-18H,1-10H3;11-16H,9-10H2,1-8H3. The molecule has 318 valence electrons. The Bertz CT molecular complexity index is 736. The van der Waals surface area contributed by atoms with Gasteiger partial charge in [0.25, 0.3) is 0 Å². The van der Waals surface area contributed by atoms with Crippen molar-refractivity contribution in [3.8, 4) is 0 Å². The van der Waals surface area contributed by atoms with Gasteiger partial charge < -0.3 is 0 Å². The van der Waals surface area contributed by atoms with E-state index in [1.54, 1.807) is 0 Å². The second-order valence-corrected chi connectivity index (χ2v) is 22.0. The molecule has 0 amide bonds. The minimum Gasteiger partial charge on any atom is -0.0654 e. The molecule has 0 N–H and O–H groups in total. The Hall–Kier alpha value is 0. The lowest BCUT2D eigenvalue weighted by Gasteiger charge is -2.42. The molecule has 0 heterocycles. The van der Waals surface area contributed by atoms with Crippen LogP contribution >= 0.6 is 0 Å². The molecule has 0 saturated carbocycles. The molecule has 0 radical (unpaired) electrons. The van der Waals surface area contributed by atoms with Crippen molar-refractivity contribution in [2.75, 3.05) is 0 Å². The highest BCUT2D eigenvalue weighted by Crippen LogP contribution is 2.43. The molecule has 0 aromatic carbocycles. The van der Waals surface area contributed by atoms with E-state index in [-0.39, 0.29) is 0 Å². The zero-order valence-electron chi connectivity index (χ0n) is 42.1. The Morgan fingerprint density at radius 1 is 0.212 bits per heavy atom. The van der Waals surface area contributed by atoms with E-state index in [2.05, 4.69) is 194 Å². The molecule has 0 bridgehead atoms. The van der Waals surface area contributed by atoms with Crippen molar-refractivity contribution in [1.82, 2.24) is 0 Å². The van der Waals surface area contributed by atoms with Crippen LogP contribution in [0.5, 0.6) is 0 Å². The van der Waals surface area contributed by atoms with Gasteiger partial charge in [-0.3, -0.25) is 0 Å². The first-order chi connectivity index (χ1) is 23.5. The Morgan fingerprint density at radius 2 is 0.404 bits per heavy atom. The molecule has 0 aliphatic rings. The molecular weight excluding hydrogens is 625 g/mol. The van der Waals surface area contributed by atoms with Crippen molar-refractivity contribution in [1.29, 1.82) is 0 Å². The molecule has 0 fully saturated rings. The van der Waals surface area contributed by atoms with E-state index in [1.807, 2.05) is 0 Å². The largest absolute Gasteiger partial charge is 0.0654 e. The van der Waals surface area contributed by atoms with Crippen molar-refractivity contribution in [2.45, 2.75) is 207 Å². The first-order valence-corrected chi connectivity index (χ1v) is 23.5. The van der Waals surface area contributed by atoms with Gasteiger partial charge in [-0.05, 0) is 130 Å². The molecular formula is C52H110. The van der Waals surface area contributed by atoms with E-state index in [4.69, 9.17) is 0 Å². The topological polar surface area (TPSA) is 0 Å². The van der Waals surface area contributed by atoms with Crippen molar-refractivity contribution < 1.29 is 0 Å². The minimum atomic E-state index is 0.790. The Labute approximate surface area is 335 Å². The van der Waals surface area contributed by atoms with Gasteiger partial charge in [-0.1, -0.05) is 207 Å². The minimum absolute atomic E-state index is 0.790. The van der Waals surface area contributed by atoms with Crippen LogP contribution in [-0.2, 0) is 0 Å². The van der Waals surface area contributed by atoms with Gasteiger partial charge in [-0.25, -0.2) is 0 Å². The second-order valence-electron chi connectivity index (χ2n) is 22.0. The van der Waals surface area contributed by atoms with Gasteiger partial charge >= 0.3 is 0 Å². The fourth-order valence-electron chi connectivity index (χ4n) is 9.40. The summed E-state index contributed by atoms with van der Waals surface area (Å²) in [5, 5.41) is 0.